The molecule has 180 valence electrons. The highest BCUT2D eigenvalue weighted by atomic mass is 16.6. The number of nitrogens with one attached hydrogen (secondary N) is 1. The van der Waals surface area contributed by atoms with Gasteiger partial charge in [0.1, 0.15) is 18.1 Å². The molecule has 0 unspecified atom stereocenters. The van der Waals surface area contributed by atoms with E-state index in [9.17, 15) is 29.3 Å². The largest absolute Gasteiger partial charge is 0.482 e. The van der Waals surface area contributed by atoms with Crippen LogP contribution in [0.5, 0.6) is 5.75 Å². The van der Waals surface area contributed by atoms with Crippen molar-refractivity contribution in [3.05, 3.63) is 85.0 Å². The van der Waals surface area contributed by atoms with Crippen LogP contribution in [-0.4, -0.2) is 46.5 Å². The number of likely N-dealkylation sites (N-methyl/N-ethyl adjacent to an activating group) is 1. The van der Waals surface area contributed by atoms with E-state index in [2.05, 4.69) is 4.98 Å². The molecule has 13 nitrogen and oxygen atoms in total. The Hall–Kier alpha value is -4.94. The Bertz CT molecular complexity index is 1450. The molecule has 0 aliphatic carbocycles. The molecule has 2 amide bonds. The summed E-state index contributed by atoms with van der Waals surface area (Å²) in [5.41, 5.74) is 4.74. The van der Waals surface area contributed by atoms with E-state index < -0.39 is 34.5 Å². The number of nitrogen functional groups attached to an aromatic ring is 1. The second kappa shape index (κ2) is 9.13. The first-order valence-corrected chi connectivity index (χ1v) is 10.3. The van der Waals surface area contributed by atoms with Crippen LogP contribution in [-0.2, 0) is 16.1 Å². The summed E-state index contributed by atoms with van der Waals surface area (Å²) in [5, 5.41) is 11.2. The predicted octanol–water partition coefficient (Wildman–Crippen LogP) is 0.464. The van der Waals surface area contributed by atoms with Crippen molar-refractivity contribution in [1.82, 2.24) is 9.55 Å². The second-order valence-electron chi connectivity index (χ2n) is 7.70. The molecule has 0 spiro atoms. The minimum absolute atomic E-state index is 0.0492. The third-order valence-electron chi connectivity index (χ3n) is 5.50. The van der Waals surface area contributed by atoms with Gasteiger partial charge in [0.2, 0.25) is 5.91 Å². The van der Waals surface area contributed by atoms with Crippen LogP contribution in [0, 0.1) is 10.1 Å². The van der Waals surface area contributed by atoms with Gasteiger partial charge in [-0.1, -0.05) is 30.3 Å². The van der Waals surface area contributed by atoms with Gasteiger partial charge < -0.3 is 15.4 Å². The van der Waals surface area contributed by atoms with Crippen molar-refractivity contribution in [3.8, 4) is 5.75 Å². The van der Waals surface area contributed by atoms with E-state index in [4.69, 9.17) is 10.5 Å². The van der Waals surface area contributed by atoms with E-state index >= 15 is 0 Å². The Balaban J connectivity index is 1.66. The molecule has 2 aromatic carbocycles. The van der Waals surface area contributed by atoms with Gasteiger partial charge in [-0.3, -0.25) is 38.9 Å². The standard InChI is InChI=1S/C22H20N6O7/c1-25(19-20(23)27(22(32)24-21(19)31)10-13-5-3-2-4-6-13)17(29)11-26-15-9-14(28(33)34)7-8-16(15)35-12-18(26)30/h2-9H,10-12,23H2,1H3,(H,24,31,32). The number of nitrogens with zero attached hydrogens (tertiary/aromatic N) is 4. The van der Waals surface area contributed by atoms with E-state index in [0.29, 0.717) is 0 Å². The zero-order chi connectivity index (χ0) is 25.3. The minimum Gasteiger partial charge on any atom is -0.482 e. The Morgan fingerprint density at radius 1 is 1.20 bits per heavy atom. The van der Waals surface area contributed by atoms with Crippen LogP contribution in [0.3, 0.4) is 0 Å². The number of nitrogens with two attached hydrogens (primary N) is 1. The van der Waals surface area contributed by atoms with Gasteiger partial charge in [0, 0.05) is 19.2 Å². The molecule has 0 radical (unpaired) electrons. The number of hydrogen-bond acceptors (Lipinski definition) is 8. The lowest BCUT2D eigenvalue weighted by molar-refractivity contribution is -0.384. The van der Waals surface area contributed by atoms with E-state index in [0.717, 1.165) is 26.0 Å². The molecule has 13 heteroatoms. The number of amides is 2. The van der Waals surface area contributed by atoms with E-state index in [1.165, 1.54) is 19.2 Å². The van der Waals surface area contributed by atoms with Gasteiger partial charge in [0.05, 0.1) is 17.2 Å². The highest BCUT2D eigenvalue weighted by Gasteiger charge is 2.31. The third-order valence-corrected chi connectivity index (χ3v) is 5.50. The molecule has 0 fully saturated rings. The average Bonchev–Trinajstić information content (AvgIpc) is 2.83. The van der Waals surface area contributed by atoms with Crippen LogP contribution in [0.15, 0.2) is 58.1 Å². The lowest BCUT2D eigenvalue weighted by atomic mass is 10.2. The zero-order valence-electron chi connectivity index (χ0n) is 18.5. The summed E-state index contributed by atoms with van der Waals surface area (Å²) in [5.74, 6) is -1.36. The molecular formula is C22H20N6O7. The number of fused-ring (bicyclic) bond motifs is 1. The molecule has 1 aromatic heterocycles. The Morgan fingerprint density at radius 2 is 1.91 bits per heavy atom. The maximum Gasteiger partial charge on any atom is 0.330 e. The highest BCUT2D eigenvalue weighted by molar-refractivity contribution is 6.06. The average molecular weight is 480 g/mol. The Labute approximate surface area is 197 Å². The second-order valence-corrected chi connectivity index (χ2v) is 7.70. The number of carbonyl (C=O) groups excluding carboxylic acids is 2. The molecule has 0 atom stereocenters. The van der Waals surface area contributed by atoms with Crippen LogP contribution in [0.1, 0.15) is 5.56 Å². The maximum absolute atomic E-state index is 13.1. The van der Waals surface area contributed by atoms with Crippen molar-refractivity contribution in [2.75, 3.05) is 35.7 Å². The van der Waals surface area contributed by atoms with Crippen molar-refractivity contribution < 1.29 is 19.2 Å². The predicted molar refractivity (Wildman–Crippen MR) is 126 cm³/mol. The number of aromatic nitrogens is 2. The first-order chi connectivity index (χ1) is 16.7. The van der Waals surface area contributed by atoms with Crippen LogP contribution in [0.2, 0.25) is 0 Å². The fourth-order valence-corrected chi connectivity index (χ4v) is 3.67. The maximum atomic E-state index is 13.1. The molecule has 0 saturated carbocycles. The number of non-ortho nitro benzene ring substituents is 1. The van der Waals surface area contributed by atoms with Gasteiger partial charge in [0.25, 0.3) is 17.2 Å². The number of anilines is 3. The van der Waals surface area contributed by atoms with Crippen LogP contribution in [0.25, 0.3) is 0 Å². The number of carbonyl (C=O) groups is 2. The van der Waals surface area contributed by atoms with E-state index in [1.54, 1.807) is 30.3 Å². The number of benzene rings is 2. The van der Waals surface area contributed by atoms with Gasteiger partial charge in [0.15, 0.2) is 12.3 Å². The van der Waals surface area contributed by atoms with Crippen molar-refractivity contribution in [2.24, 2.45) is 0 Å². The Kier molecular flexibility index (Phi) is 6.06. The van der Waals surface area contributed by atoms with Crippen LogP contribution < -0.4 is 31.5 Å². The summed E-state index contributed by atoms with van der Waals surface area (Å²) in [7, 11) is 1.28. The van der Waals surface area contributed by atoms with E-state index in [-0.39, 0.29) is 41.8 Å². The van der Waals surface area contributed by atoms with Crippen molar-refractivity contribution in [2.45, 2.75) is 6.54 Å². The Morgan fingerprint density at radius 3 is 2.60 bits per heavy atom. The van der Waals surface area contributed by atoms with Gasteiger partial charge in [-0.15, -0.1) is 0 Å². The smallest absolute Gasteiger partial charge is 0.330 e. The van der Waals surface area contributed by atoms with E-state index in [1.807, 2.05) is 0 Å². The van der Waals surface area contributed by atoms with Crippen LogP contribution in [0.4, 0.5) is 22.9 Å². The number of rotatable bonds is 6. The van der Waals surface area contributed by atoms with Crippen molar-refractivity contribution in [1.29, 1.82) is 0 Å². The number of aromatic amines is 1. The zero-order valence-corrected chi connectivity index (χ0v) is 18.5. The summed E-state index contributed by atoms with van der Waals surface area (Å²) in [6.07, 6.45) is 0. The lowest BCUT2D eigenvalue weighted by Crippen LogP contribution is -2.47. The fourth-order valence-electron chi connectivity index (χ4n) is 3.67. The number of H-pyrrole nitrogens is 1. The quantitative estimate of drug-likeness (QED) is 0.378. The van der Waals surface area contributed by atoms with Gasteiger partial charge in [-0.2, -0.15) is 0 Å². The highest BCUT2D eigenvalue weighted by Crippen LogP contribution is 2.35. The molecule has 1 aliphatic heterocycles. The fraction of sp³-hybridized carbons (Fsp3) is 0.182. The summed E-state index contributed by atoms with van der Waals surface area (Å²) in [6, 6.07) is 12.6. The normalized spacial score (nSPS) is 12.6. The molecule has 0 bridgehead atoms. The molecule has 4 rings (SSSR count). The molecular weight excluding hydrogens is 460 g/mol. The third kappa shape index (κ3) is 4.46. The molecule has 0 saturated heterocycles. The number of hydrogen-bond donors (Lipinski definition) is 2. The molecule has 3 aromatic rings. The first kappa shape index (κ1) is 23.2. The number of nitro groups is 1. The van der Waals surface area contributed by atoms with Crippen molar-refractivity contribution in [3.63, 3.8) is 0 Å². The summed E-state index contributed by atoms with van der Waals surface area (Å²) < 4.78 is 6.42. The summed E-state index contributed by atoms with van der Waals surface area (Å²) in [6.45, 7) is -0.869. The monoisotopic (exact) mass is 480 g/mol. The van der Waals surface area contributed by atoms with Gasteiger partial charge >= 0.3 is 5.69 Å². The molecule has 1 aliphatic rings. The SMILES string of the molecule is CN(C(=O)CN1C(=O)COc2ccc([N+](=O)[O-])cc21)c1c(N)n(Cc2ccccc2)c(=O)[nH]c1=O. The van der Waals surface area contributed by atoms with Crippen LogP contribution >= 0.6 is 0 Å². The summed E-state index contributed by atoms with van der Waals surface area (Å²) in [4.78, 5) is 65.2. The van der Waals surface area contributed by atoms with Gasteiger partial charge in [-0.25, -0.2) is 4.79 Å². The lowest BCUT2D eigenvalue weighted by Gasteiger charge is -2.30. The first-order valence-electron chi connectivity index (χ1n) is 10.3. The molecule has 3 N–H and O–H groups in total. The van der Waals surface area contributed by atoms with Crippen molar-refractivity contribution >= 4 is 34.7 Å². The minimum atomic E-state index is -0.878. The number of ether oxygens (including phenoxy) is 1. The topological polar surface area (TPSA) is 174 Å². The molecule has 35 heavy (non-hydrogen) atoms. The van der Waals surface area contributed by atoms with Gasteiger partial charge in [-0.05, 0) is 11.6 Å². The number of nitro benzene ring substituents is 1. The molecule has 2 heterocycles. The summed E-state index contributed by atoms with van der Waals surface area (Å²) >= 11 is 0.